The molecule has 11 heteroatoms. The van der Waals surface area contributed by atoms with Crippen LogP contribution in [0.3, 0.4) is 0 Å². The van der Waals surface area contributed by atoms with Crippen molar-refractivity contribution < 1.29 is 28.7 Å². The predicted molar refractivity (Wildman–Crippen MR) is 140 cm³/mol. The van der Waals surface area contributed by atoms with Gasteiger partial charge >= 0.3 is 6.09 Å². The molecule has 0 fully saturated rings. The smallest absolute Gasteiger partial charge is 0.407 e. The molecule has 0 radical (unpaired) electrons. The largest absolute Gasteiger partial charge is 0.487 e. The van der Waals surface area contributed by atoms with Crippen LogP contribution >= 0.6 is 0 Å². The summed E-state index contributed by atoms with van der Waals surface area (Å²) in [6.07, 6.45) is 1.74. The van der Waals surface area contributed by atoms with Crippen molar-refractivity contribution in [3.8, 4) is 5.75 Å². The highest BCUT2D eigenvalue weighted by Gasteiger charge is 2.34. The summed E-state index contributed by atoms with van der Waals surface area (Å²) in [5.41, 5.74) is 4.65. The molecule has 0 saturated carbocycles. The minimum Gasteiger partial charge on any atom is -0.487 e. The number of aromatic nitrogens is 1. The van der Waals surface area contributed by atoms with E-state index in [9.17, 15) is 19.2 Å². The second kappa shape index (κ2) is 11.9. The normalized spacial score (nSPS) is 17.4. The lowest BCUT2D eigenvalue weighted by Crippen LogP contribution is -2.49. The van der Waals surface area contributed by atoms with Crippen molar-refractivity contribution >= 4 is 23.8 Å². The van der Waals surface area contributed by atoms with E-state index in [0.29, 0.717) is 12.1 Å². The predicted octanol–water partition coefficient (Wildman–Crippen LogP) is 2.93. The number of nitrogens with zero attached hydrogens (tertiary/aromatic N) is 2. The number of rotatable bonds is 5. The molecule has 2 heterocycles. The van der Waals surface area contributed by atoms with Gasteiger partial charge < -0.3 is 19.7 Å². The zero-order valence-electron chi connectivity index (χ0n) is 22.5. The molecule has 204 valence electrons. The zero-order chi connectivity index (χ0) is 28.0. The van der Waals surface area contributed by atoms with Crippen LogP contribution in [-0.4, -0.2) is 64.5 Å². The summed E-state index contributed by atoms with van der Waals surface area (Å²) in [7, 11) is 0. The van der Waals surface area contributed by atoms with Gasteiger partial charge in [-0.3, -0.25) is 30.2 Å². The highest BCUT2D eigenvalue weighted by Crippen LogP contribution is 2.31. The molecular weight excluding hydrogens is 490 g/mol. The van der Waals surface area contributed by atoms with Gasteiger partial charge in [0.25, 0.3) is 17.7 Å². The van der Waals surface area contributed by atoms with Crippen LogP contribution in [0.5, 0.6) is 5.75 Å². The summed E-state index contributed by atoms with van der Waals surface area (Å²) in [6.45, 7) is 11.5. The van der Waals surface area contributed by atoms with Gasteiger partial charge in [0.1, 0.15) is 17.5 Å². The fourth-order valence-electron chi connectivity index (χ4n) is 3.89. The van der Waals surface area contributed by atoms with E-state index < -0.39 is 29.6 Å². The second-order valence-corrected chi connectivity index (χ2v) is 10.4. The van der Waals surface area contributed by atoms with E-state index in [1.54, 1.807) is 37.8 Å². The highest BCUT2D eigenvalue weighted by atomic mass is 16.6. The van der Waals surface area contributed by atoms with E-state index in [2.05, 4.69) is 21.2 Å². The molecule has 38 heavy (non-hydrogen) atoms. The van der Waals surface area contributed by atoms with E-state index in [4.69, 9.17) is 9.47 Å². The number of fused-ring (bicyclic) bond motifs is 1. The van der Waals surface area contributed by atoms with Gasteiger partial charge in [-0.1, -0.05) is 13.0 Å². The van der Waals surface area contributed by atoms with Crippen LogP contribution in [0.4, 0.5) is 4.79 Å². The Balaban J connectivity index is 1.89. The quantitative estimate of drug-likeness (QED) is 0.510. The molecule has 4 amide bonds. The maximum absolute atomic E-state index is 13.5. The van der Waals surface area contributed by atoms with Gasteiger partial charge in [-0.2, -0.15) is 0 Å². The highest BCUT2D eigenvalue weighted by molar-refractivity contribution is 6.05. The number of hydrogen-bond donors (Lipinski definition) is 3. The van der Waals surface area contributed by atoms with Gasteiger partial charge in [-0.15, -0.1) is 0 Å². The maximum atomic E-state index is 13.5. The first-order valence-electron chi connectivity index (χ1n) is 12.5. The van der Waals surface area contributed by atoms with Gasteiger partial charge in [-0.05, 0) is 58.9 Å². The monoisotopic (exact) mass is 525 g/mol. The summed E-state index contributed by atoms with van der Waals surface area (Å²) in [6, 6.07) is 7.57. The van der Waals surface area contributed by atoms with Crippen LogP contribution in [0.15, 0.2) is 42.7 Å². The van der Waals surface area contributed by atoms with Crippen LogP contribution in [-0.2, 0) is 4.74 Å². The Hall–Kier alpha value is -4.15. The molecule has 3 N–H and O–H groups in total. The second-order valence-electron chi connectivity index (χ2n) is 10.4. The van der Waals surface area contributed by atoms with Crippen molar-refractivity contribution in [2.75, 3.05) is 13.1 Å². The minimum atomic E-state index is -0.670. The number of carbonyl (C=O) groups is 4. The molecular formula is C27H35N5O6. The fourth-order valence-corrected chi connectivity index (χ4v) is 3.89. The summed E-state index contributed by atoms with van der Waals surface area (Å²) < 4.78 is 11.6. The number of hydrogen-bond acceptors (Lipinski definition) is 7. The average molecular weight is 526 g/mol. The van der Waals surface area contributed by atoms with Gasteiger partial charge in [0, 0.05) is 36.5 Å². The molecule has 2 unspecified atom stereocenters. The molecule has 1 aromatic carbocycles. The van der Waals surface area contributed by atoms with Crippen molar-refractivity contribution in [1.82, 2.24) is 26.1 Å². The Morgan fingerprint density at radius 1 is 1.11 bits per heavy atom. The number of ether oxygens (including phenoxy) is 2. The lowest BCUT2D eigenvalue weighted by Gasteiger charge is -2.37. The maximum Gasteiger partial charge on any atom is 0.407 e. The first-order valence-corrected chi connectivity index (χ1v) is 12.5. The molecule has 0 spiro atoms. The van der Waals surface area contributed by atoms with Crippen LogP contribution < -0.4 is 20.9 Å². The third-order valence-electron chi connectivity index (χ3n) is 5.84. The Bertz CT molecular complexity index is 1180. The summed E-state index contributed by atoms with van der Waals surface area (Å²) >= 11 is 0. The molecule has 11 nitrogen and oxygen atoms in total. The van der Waals surface area contributed by atoms with Crippen molar-refractivity contribution in [3.05, 3.63) is 59.4 Å². The number of pyridine rings is 1. The number of hydrazine groups is 1. The van der Waals surface area contributed by atoms with Crippen molar-refractivity contribution in [2.45, 2.75) is 59.3 Å². The number of nitrogens with one attached hydrogen (secondary N) is 3. The molecule has 2 aromatic rings. The minimum absolute atomic E-state index is 0.0611. The third kappa shape index (κ3) is 7.21. The topological polar surface area (TPSA) is 139 Å². The molecule has 3 rings (SSSR count). The van der Waals surface area contributed by atoms with Crippen molar-refractivity contribution in [2.24, 2.45) is 5.92 Å². The Morgan fingerprint density at radius 2 is 1.76 bits per heavy atom. The fraction of sp³-hybridized carbons (Fsp3) is 0.444. The van der Waals surface area contributed by atoms with E-state index in [0.717, 1.165) is 0 Å². The number of amides is 4. The number of carbonyl (C=O) groups excluding carboxylic acids is 4. The molecule has 0 bridgehead atoms. The number of benzene rings is 1. The van der Waals surface area contributed by atoms with Crippen LogP contribution in [0.25, 0.3) is 0 Å². The molecule has 1 aromatic heterocycles. The molecule has 2 atom stereocenters. The van der Waals surface area contributed by atoms with E-state index in [1.165, 1.54) is 30.6 Å². The summed E-state index contributed by atoms with van der Waals surface area (Å²) in [5.74, 6) is -1.61. The molecule has 1 aliphatic rings. The van der Waals surface area contributed by atoms with Gasteiger partial charge in [0.15, 0.2) is 0 Å². The molecule has 1 aliphatic heterocycles. The first kappa shape index (κ1) is 28.4. The first-order chi connectivity index (χ1) is 17.9. The van der Waals surface area contributed by atoms with Crippen molar-refractivity contribution in [1.29, 1.82) is 0 Å². The Kier molecular flexibility index (Phi) is 8.92. The van der Waals surface area contributed by atoms with Crippen LogP contribution in [0.1, 0.15) is 72.6 Å². The standard InChI is InChI=1S/C27H35N5O6/c1-16(2)32-15-17(3)21(14-29-26(36)38-27(4,5)6)37-22-19(8-7-9-20(22)25(32)35)24(34)31-30-23(33)18-10-12-28-13-11-18/h7-13,16-17,21H,14-15H2,1-6H3,(H,29,36)(H,30,33)(H,31,34). The third-order valence-corrected chi connectivity index (χ3v) is 5.84. The lowest BCUT2D eigenvalue weighted by molar-refractivity contribution is 0.0399. The van der Waals surface area contributed by atoms with Crippen LogP contribution in [0.2, 0.25) is 0 Å². The number of alkyl carbamates (subject to hydrolysis) is 1. The molecule has 0 aliphatic carbocycles. The summed E-state index contributed by atoms with van der Waals surface area (Å²) in [4.78, 5) is 56.9. The van der Waals surface area contributed by atoms with Gasteiger partial charge in [0.2, 0.25) is 0 Å². The summed E-state index contributed by atoms with van der Waals surface area (Å²) in [5, 5.41) is 2.73. The zero-order valence-corrected chi connectivity index (χ0v) is 22.5. The lowest BCUT2D eigenvalue weighted by atomic mass is 9.98. The van der Waals surface area contributed by atoms with Gasteiger partial charge in [-0.25, -0.2) is 4.79 Å². The van der Waals surface area contributed by atoms with E-state index >= 15 is 0 Å². The molecule has 0 saturated heterocycles. The van der Waals surface area contributed by atoms with Crippen LogP contribution in [0, 0.1) is 5.92 Å². The van der Waals surface area contributed by atoms with E-state index in [1.807, 2.05) is 20.8 Å². The average Bonchev–Trinajstić information content (AvgIpc) is 2.86. The SMILES string of the molecule is CC1CN(C(C)C)C(=O)c2cccc(C(=O)NNC(=O)c3ccncc3)c2OC1CNC(=O)OC(C)(C)C. The Labute approximate surface area is 222 Å². The van der Waals surface area contributed by atoms with Crippen molar-refractivity contribution in [3.63, 3.8) is 0 Å². The number of para-hydroxylation sites is 1. The van der Waals surface area contributed by atoms with Gasteiger partial charge in [0.05, 0.1) is 17.7 Å². The van der Waals surface area contributed by atoms with E-state index in [-0.39, 0.29) is 41.3 Å². The Morgan fingerprint density at radius 3 is 2.39 bits per heavy atom.